The van der Waals surface area contributed by atoms with Crippen LogP contribution < -0.4 is 5.73 Å². The van der Waals surface area contributed by atoms with Crippen LogP contribution in [-0.2, 0) is 16.0 Å². The Morgan fingerprint density at radius 2 is 2.19 bits per heavy atom. The number of halogens is 1. The predicted molar refractivity (Wildman–Crippen MR) is 117 cm³/mol. The normalized spacial score (nSPS) is 16.6. The molecular formula is C23H24FN3O3S. The van der Waals surface area contributed by atoms with Gasteiger partial charge in [0.25, 0.3) is 5.91 Å². The zero-order valence-electron chi connectivity index (χ0n) is 17.3. The minimum absolute atomic E-state index is 0.0467. The van der Waals surface area contributed by atoms with Crippen LogP contribution in [0.25, 0.3) is 10.2 Å². The first-order chi connectivity index (χ1) is 14.9. The molecule has 1 saturated heterocycles. The van der Waals surface area contributed by atoms with Crippen molar-refractivity contribution < 1.29 is 18.7 Å². The molecule has 1 aliphatic heterocycles. The fourth-order valence-electron chi connectivity index (χ4n) is 3.97. The first-order valence-electron chi connectivity index (χ1n) is 10.3. The van der Waals surface area contributed by atoms with E-state index in [4.69, 9.17) is 10.5 Å². The van der Waals surface area contributed by atoms with E-state index in [0.717, 1.165) is 21.3 Å². The number of thiophene rings is 1. The van der Waals surface area contributed by atoms with Gasteiger partial charge in [0, 0.05) is 30.1 Å². The van der Waals surface area contributed by atoms with Gasteiger partial charge in [-0.15, -0.1) is 11.3 Å². The molecule has 2 amide bonds. The summed E-state index contributed by atoms with van der Waals surface area (Å²) in [5.74, 6) is -0.685. The Labute approximate surface area is 183 Å². The molecule has 0 unspecified atom stereocenters. The highest BCUT2D eigenvalue weighted by atomic mass is 32.1. The fraction of sp³-hybridized carbons (Fsp3) is 0.348. The van der Waals surface area contributed by atoms with Crippen molar-refractivity contribution in [3.8, 4) is 0 Å². The molecule has 3 heterocycles. The number of nitrogens with two attached hydrogens (primary N) is 1. The van der Waals surface area contributed by atoms with Crippen LogP contribution in [0.4, 0.5) is 4.39 Å². The number of benzene rings is 1. The summed E-state index contributed by atoms with van der Waals surface area (Å²) in [6, 6.07) is 8.77. The smallest absolute Gasteiger partial charge is 0.259 e. The molecule has 0 spiro atoms. The maximum atomic E-state index is 13.4. The average molecular weight is 442 g/mol. The zero-order chi connectivity index (χ0) is 22.0. The van der Waals surface area contributed by atoms with Crippen molar-refractivity contribution >= 4 is 33.4 Å². The molecule has 0 radical (unpaired) electrons. The molecule has 1 aliphatic rings. The maximum Gasteiger partial charge on any atom is 0.259 e. The molecule has 162 valence electrons. The highest BCUT2D eigenvalue weighted by Crippen LogP contribution is 2.37. The molecule has 0 aliphatic carbocycles. The summed E-state index contributed by atoms with van der Waals surface area (Å²) in [5, 5.41) is 0.840. The summed E-state index contributed by atoms with van der Waals surface area (Å²) < 4.78 is 19.4. The molecule has 0 saturated carbocycles. The molecule has 1 fully saturated rings. The number of amides is 2. The van der Waals surface area contributed by atoms with Gasteiger partial charge in [-0.2, -0.15) is 0 Å². The molecule has 4 rings (SSSR count). The van der Waals surface area contributed by atoms with Crippen LogP contribution in [0, 0.1) is 12.7 Å². The van der Waals surface area contributed by atoms with E-state index in [-0.39, 0.29) is 11.7 Å². The molecule has 8 heteroatoms. The molecule has 2 aromatic heterocycles. The number of rotatable bonds is 6. The number of ether oxygens (including phenoxy) is 1. The Kier molecular flexibility index (Phi) is 6.29. The van der Waals surface area contributed by atoms with E-state index in [1.165, 1.54) is 17.4 Å². The van der Waals surface area contributed by atoms with Gasteiger partial charge in [0.15, 0.2) is 0 Å². The lowest BCUT2D eigenvalue weighted by Crippen LogP contribution is -2.42. The number of aromatic nitrogens is 1. The van der Waals surface area contributed by atoms with Crippen molar-refractivity contribution in [2.75, 3.05) is 19.7 Å². The van der Waals surface area contributed by atoms with Gasteiger partial charge in [0.1, 0.15) is 21.6 Å². The number of primary amides is 1. The lowest BCUT2D eigenvalue weighted by molar-refractivity contribution is -0.139. The maximum absolute atomic E-state index is 13.4. The molecule has 0 bridgehead atoms. The van der Waals surface area contributed by atoms with Gasteiger partial charge < -0.3 is 15.4 Å². The number of carbonyl (C=O) groups excluding carboxylic acids is 2. The lowest BCUT2D eigenvalue weighted by atomic mass is 10.0. The minimum atomic E-state index is -0.514. The zero-order valence-corrected chi connectivity index (χ0v) is 18.1. The summed E-state index contributed by atoms with van der Waals surface area (Å²) in [6.07, 6.45) is 3.06. The highest BCUT2D eigenvalue weighted by Gasteiger charge is 2.31. The summed E-state index contributed by atoms with van der Waals surface area (Å²) >= 11 is 1.25. The van der Waals surface area contributed by atoms with Gasteiger partial charge in [0.05, 0.1) is 13.2 Å². The predicted octanol–water partition coefficient (Wildman–Crippen LogP) is 3.77. The van der Waals surface area contributed by atoms with Crippen molar-refractivity contribution in [1.82, 2.24) is 9.88 Å². The minimum Gasteiger partial charge on any atom is -0.370 e. The molecule has 1 aromatic carbocycles. The summed E-state index contributed by atoms with van der Waals surface area (Å²) in [6.45, 7) is 3.01. The number of hydrogen-bond acceptors (Lipinski definition) is 5. The SMILES string of the molecule is Cc1cc(CCCC(=O)N2CCO[C@H](c3c(C(N)=O)sc4ncccc34)C2)ccc1F. The second kappa shape index (κ2) is 9.11. The second-order valence-electron chi connectivity index (χ2n) is 7.70. The number of morpholine rings is 1. The Morgan fingerprint density at radius 3 is 2.97 bits per heavy atom. The van der Waals surface area contributed by atoms with E-state index in [9.17, 15) is 14.0 Å². The number of hydrogen-bond donors (Lipinski definition) is 1. The van der Waals surface area contributed by atoms with E-state index in [1.54, 1.807) is 24.1 Å². The standard InChI is InChI=1S/C23H24FN3O3S/c1-14-12-15(7-8-17(14)24)4-2-6-19(28)27-10-11-30-18(13-27)20-16-5-3-9-26-23(16)31-21(20)22(25)29/h3,5,7-9,12,18H,2,4,6,10-11,13H2,1H3,(H2,25,29)/t18-/m0/s1. The van der Waals surface area contributed by atoms with Crippen LogP contribution in [0.3, 0.4) is 0 Å². The Bertz CT molecular complexity index is 1130. The molecule has 1 atom stereocenters. The third-order valence-electron chi connectivity index (χ3n) is 5.55. The van der Waals surface area contributed by atoms with Crippen LogP contribution in [-0.4, -0.2) is 41.4 Å². The van der Waals surface area contributed by atoms with Gasteiger partial charge in [0.2, 0.25) is 5.91 Å². The number of nitrogens with zero attached hydrogens (tertiary/aromatic N) is 2. The molecular weight excluding hydrogens is 417 g/mol. The number of pyridine rings is 1. The van der Waals surface area contributed by atoms with Crippen LogP contribution >= 0.6 is 11.3 Å². The summed E-state index contributed by atoms with van der Waals surface area (Å²) in [5.41, 5.74) is 7.96. The van der Waals surface area contributed by atoms with Crippen LogP contribution in [0.15, 0.2) is 36.5 Å². The van der Waals surface area contributed by atoms with Crippen molar-refractivity contribution in [3.05, 3.63) is 63.9 Å². The fourth-order valence-corrected chi connectivity index (χ4v) is 5.02. The number of fused-ring (bicyclic) bond motifs is 1. The quantitative estimate of drug-likeness (QED) is 0.631. The Balaban J connectivity index is 1.43. The van der Waals surface area contributed by atoms with Crippen molar-refractivity contribution in [1.29, 1.82) is 0 Å². The molecule has 3 aromatic rings. The van der Waals surface area contributed by atoms with E-state index in [2.05, 4.69) is 4.98 Å². The average Bonchev–Trinajstić information content (AvgIpc) is 3.16. The molecule has 31 heavy (non-hydrogen) atoms. The third kappa shape index (κ3) is 4.60. The summed E-state index contributed by atoms with van der Waals surface area (Å²) in [4.78, 5) is 32.1. The second-order valence-corrected chi connectivity index (χ2v) is 8.70. The largest absolute Gasteiger partial charge is 0.370 e. The van der Waals surface area contributed by atoms with Crippen molar-refractivity contribution in [2.24, 2.45) is 5.73 Å². The van der Waals surface area contributed by atoms with Gasteiger partial charge in [-0.1, -0.05) is 18.2 Å². The topological polar surface area (TPSA) is 85.5 Å². The van der Waals surface area contributed by atoms with Gasteiger partial charge in [-0.25, -0.2) is 9.37 Å². The van der Waals surface area contributed by atoms with Crippen LogP contribution in [0.5, 0.6) is 0 Å². The Hall–Kier alpha value is -2.84. The summed E-state index contributed by atoms with van der Waals surface area (Å²) in [7, 11) is 0. The molecule has 2 N–H and O–H groups in total. The van der Waals surface area contributed by atoms with Gasteiger partial charge in [-0.05, 0) is 43.0 Å². The van der Waals surface area contributed by atoms with Gasteiger partial charge >= 0.3 is 0 Å². The van der Waals surface area contributed by atoms with Crippen LogP contribution in [0.1, 0.15) is 45.3 Å². The van der Waals surface area contributed by atoms with Crippen molar-refractivity contribution in [2.45, 2.75) is 32.3 Å². The lowest BCUT2D eigenvalue weighted by Gasteiger charge is -2.33. The van der Waals surface area contributed by atoms with Crippen molar-refractivity contribution in [3.63, 3.8) is 0 Å². The van der Waals surface area contributed by atoms with Crippen LogP contribution in [0.2, 0.25) is 0 Å². The van der Waals surface area contributed by atoms with Gasteiger partial charge in [-0.3, -0.25) is 9.59 Å². The molecule has 6 nitrogen and oxygen atoms in total. The number of aryl methyl sites for hydroxylation is 2. The first kappa shape index (κ1) is 21.4. The highest BCUT2D eigenvalue weighted by molar-refractivity contribution is 7.20. The number of carbonyl (C=O) groups is 2. The first-order valence-corrected chi connectivity index (χ1v) is 11.1. The third-order valence-corrected chi connectivity index (χ3v) is 6.69. The van der Waals surface area contributed by atoms with E-state index >= 15 is 0 Å². The van der Waals surface area contributed by atoms with E-state index in [1.807, 2.05) is 18.2 Å². The van der Waals surface area contributed by atoms with E-state index < -0.39 is 12.0 Å². The monoisotopic (exact) mass is 441 g/mol. The van der Waals surface area contributed by atoms with E-state index in [0.29, 0.717) is 49.4 Å². The Morgan fingerprint density at radius 1 is 1.35 bits per heavy atom.